The summed E-state index contributed by atoms with van der Waals surface area (Å²) in [5, 5.41) is 2.17. The summed E-state index contributed by atoms with van der Waals surface area (Å²) < 4.78 is 31.6. The fraction of sp³-hybridized carbons (Fsp3) is 0.150. The van der Waals surface area contributed by atoms with Gasteiger partial charge in [0.05, 0.1) is 5.56 Å². The third-order valence-electron chi connectivity index (χ3n) is 3.89. The molecule has 1 heterocycles. The van der Waals surface area contributed by atoms with E-state index in [9.17, 15) is 18.4 Å². The van der Waals surface area contributed by atoms with Crippen LogP contribution in [0.2, 0.25) is 0 Å². The van der Waals surface area contributed by atoms with Crippen molar-refractivity contribution in [3.8, 4) is 10.6 Å². The number of ether oxygens (including phenoxy) is 1. The van der Waals surface area contributed by atoms with E-state index in [0.29, 0.717) is 5.01 Å². The number of aryl methyl sites for hydroxylation is 1. The number of benzene rings is 2. The fourth-order valence-electron chi connectivity index (χ4n) is 2.38. The second-order valence-electron chi connectivity index (χ2n) is 5.71. The Labute approximate surface area is 158 Å². The number of esters is 1. The first kappa shape index (κ1) is 18.8. The Bertz CT molecular complexity index is 983. The van der Waals surface area contributed by atoms with Gasteiger partial charge in [-0.1, -0.05) is 31.2 Å². The summed E-state index contributed by atoms with van der Waals surface area (Å²) in [5.41, 5.74) is 1.66. The second kappa shape index (κ2) is 8.18. The van der Waals surface area contributed by atoms with Crippen LogP contribution in [0.5, 0.6) is 0 Å². The molecule has 0 aliphatic carbocycles. The van der Waals surface area contributed by atoms with Crippen molar-refractivity contribution in [2.45, 2.75) is 13.3 Å². The topological polar surface area (TPSA) is 56.3 Å². The highest BCUT2D eigenvalue weighted by Crippen LogP contribution is 2.24. The van der Waals surface area contributed by atoms with E-state index in [4.69, 9.17) is 4.74 Å². The predicted octanol–water partition coefficient (Wildman–Crippen LogP) is 4.69. The molecule has 27 heavy (non-hydrogen) atoms. The Morgan fingerprint density at radius 1 is 1.11 bits per heavy atom. The lowest BCUT2D eigenvalue weighted by Gasteiger charge is -2.04. The Kier molecular flexibility index (Phi) is 5.71. The van der Waals surface area contributed by atoms with Crippen molar-refractivity contribution >= 4 is 23.1 Å². The number of hydrogen-bond acceptors (Lipinski definition) is 5. The monoisotopic (exact) mass is 387 g/mol. The van der Waals surface area contributed by atoms with Crippen molar-refractivity contribution < 1.29 is 23.1 Å². The van der Waals surface area contributed by atoms with Crippen molar-refractivity contribution in [1.82, 2.24) is 4.98 Å². The minimum atomic E-state index is -0.871. The number of nitrogens with zero attached hydrogens (tertiary/aromatic N) is 1. The van der Waals surface area contributed by atoms with Gasteiger partial charge in [-0.15, -0.1) is 11.3 Å². The van der Waals surface area contributed by atoms with Crippen LogP contribution in [-0.4, -0.2) is 23.3 Å². The summed E-state index contributed by atoms with van der Waals surface area (Å²) in [6.07, 6.45) is 0.926. The van der Waals surface area contributed by atoms with Crippen molar-refractivity contribution in [2.75, 3.05) is 6.61 Å². The molecular weight excluding hydrogens is 372 g/mol. The van der Waals surface area contributed by atoms with Gasteiger partial charge in [0, 0.05) is 10.9 Å². The Morgan fingerprint density at radius 2 is 1.85 bits per heavy atom. The van der Waals surface area contributed by atoms with Crippen molar-refractivity contribution in [2.24, 2.45) is 0 Å². The van der Waals surface area contributed by atoms with Gasteiger partial charge in [0.15, 0.2) is 12.3 Å². The van der Waals surface area contributed by atoms with E-state index >= 15 is 0 Å². The van der Waals surface area contributed by atoms with Crippen molar-refractivity contribution in [3.05, 3.63) is 76.3 Å². The zero-order chi connectivity index (χ0) is 19.4. The maximum atomic E-state index is 13.6. The van der Waals surface area contributed by atoms with E-state index in [1.54, 1.807) is 0 Å². The minimum absolute atomic E-state index is 0.0575. The normalized spacial score (nSPS) is 10.6. The molecule has 3 rings (SSSR count). The highest BCUT2D eigenvalue weighted by molar-refractivity contribution is 7.13. The Hall–Kier alpha value is -2.93. The standard InChI is InChI=1S/C20H15F2NO3S/c1-2-12-3-5-13(6-4-12)19-23-17(11-27-19)20(25)26-10-18(24)15-9-14(21)7-8-16(15)22/h3-9,11H,2,10H2,1H3. The number of aromatic nitrogens is 1. The zero-order valence-corrected chi connectivity index (χ0v) is 15.2. The SMILES string of the molecule is CCc1ccc(-c2nc(C(=O)OCC(=O)c3cc(F)ccc3F)cs2)cc1. The molecule has 0 saturated carbocycles. The zero-order valence-electron chi connectivity index (χ0n) is 14.4. The van der Waals surface area contributed by atoms with E-state index < -0.39 is 35.6 Å². The number of thiazole rings is 1. The first-order valence-corrected chi connectivity index (χ1v) is 9.06. The van der Waals surface area contributed by atoms with Gasteiger partial charge < -0.3 is 4.74 Å². The van der Waals surface area contributed by atoms with Gasteiger partial charge >= 0.3 is 5.97 Å². The molecule has 7 heteroatoms. The van der Waals surface area contributed by atoms with Crippen molar-refractivity contribution in [3.63, 3.8) is 0 Å². The summed E-state index contributed by atoms with van der Waals surface area (Å²) in [7, 11) is 0. The van der Waals surface area contributed by atoms with Gasteiger partial charge in [-0.2, -0.15) is 0 Å². The molecule has 2 aromatic carbocycles. The van der Waals surface area contributed by atoms with Crippen molar-refractivity contribution in [1.29, 1.82) is 0 Å². The molecule has 0 unspecified atom stereocenters. The fourth-order valence-corrected chi connectivity index (χ4v) is 3.17. The molecule has 3 aromatic rings. The average molecular weight is 387 g/mol. The van der Waals surface area contributed by atoms with Gasteiger partial charge in [0.1, 0.15) is 16.6 Å². The number of Topliss-reactive ketones (excluding diaryl/α,β-unsaturated/α-hetero) is 1. The van der Waals surface area contributed by atoms with E-state index in [0.717, 1.165) is 30.2 Å². The molecule has 0 fully saturated rings. The van der Waals surface area contributed by atoms with Crippen LogP contribution in [0.4, 0.5) is 8.78 Å². The molecule has 0 bridgehead atoms. The van der Waals surface area contributed by atoms with E-state index in [1.807, 2.05) is 24.3 Å². The number of rotatable bonds is 6. The molecule has 0 aliphatic rings. The molecule has 0 radical (unpaired) electrons. The molecule has 0 saturated heterocycles. The molecule has 4 nitrogen and oxygen atoms in total. The molecule has 0 spiro atoms. The summed E-state index contributed by atoms with van der Waals surface area (Å²) in [5.74, 6) is -3.24. The largest absolute Gasteiger partial charge is 0.453 e. The third kappa shape index (κ3) is 4.43. The number of ketones is 1. The van der Waals surface area contributed by atoms with Gasteiger partial charge in [0.2, 0.25) is 5.78 Å². The van der Waals surface area contributed by atoms with Crippen LogP contribution in [0.15, 0.2) is 47.8 Å². The molecule has 0 N–H and O–H groups in total. The van der Waals surface area contributed by atoms with Crippen LogP contribution in [0.1, 0.15) is 33.3 Å². The molecule has 1 aromatic heterocycles. The molecule has 0 amide bonds. The van der Waals surface area contributed by atoms with Crippen LogP contribution >= 0.6 is 11.3 Å². The first-order valence-electron chi connectivity index (χ1n) is 8.18. The number of halogens is 2. The molecule has 138 valence electrons. The van der Waals surface area contributed by atoms with Crippen LogP contribution in [0.3, 0.4) is 0 Å². The smallest absolute Gasteiger partial charge is 0.358 e. The number of carbonyl (C=O) groups excluding carboxylic acids is 2. The van der Waals surface area contributed by atoms with Crippen LogP contribution < -0.4 is 0 Å². The lowest BCUT2D eigenvalue weighted by Crippen LogP contribution is -2.16. The predicted molar refractivity (Wildman–Crippen MR) is 97.9 cm³/mol. The summed E-state index contributed by atoms with van der Waals surface area (Å²) in [6, 6.07) is 10.3. The average Bonchev–Trinajstić information content (AvgIpc) is 3.18. The summed E-state index contributed by atoms with van der Waals surface area (Å²) in [4.78, 5) is 28.2. The lowest BCUT2D eigenvalue weighted by atomic mass is 10.1. The van der Waals surface area contributed by atoms with E-state index in [1.165, 1.54) is 22.3 Å². The lowest BCUT2D eigenvalue weighted by molar-refractivity contribution is 0.0468. The molecular formula is C20H15F2NO3S. The van der Waals surface area contributed by atoms with Gasteiger partial charge in [-0.25, -0.2) is 18.6 Å². The Morgan fingerprint density at radius 3 is 2.56 bits per heavy atom. The van der Waals surface area contributed by atoms with Crippen LogP contribution in [0.25, 0.3) is 10.6 Å². The Balaban J connectivity index is 1.65. The van der Waals surface area contributed by atoms with Gasteiger partial charge in [-0.05, 0) is 30.2 Å². The van der Waals surface area contributed by atoms with Gasteiger partial charge in [0.25, 0.3) is 0 Å². The first-order chi connectivity index (χ1) is 13.0. The maximum absolute atomic E-state index is 13.6. The highest BCUT2D eigenvalue weighted by Gasteiger charge is 2.18. The van der Waals surface area contributed by atoms with E-state index in [-0.39, 0.29) is 5.69 Å². The summed E-state index contributed by atoms with van der Waals surface area (Å²) >= 11 is 1.27. The van der Waals surface area contributed by atoms with Crippen LogP contribution in [-0.2, 0) is 11.2 Å². The molecule has 0 aliphatic heterocycles. The van der Waals surface area contributed by atoms with E-state index in [2.05, 4.69) is 11.9 Å². The minimum Gasteiger partial charge on any atom is -0.453 e. The van der Waals surface area contributed by atoms with Crippen LogP contribution in [0, 0.1) is 11.6 Å². The quantitative estimate of drug-likeness (QED) is 0.455. The number of carbonyl (C=O) groups is 2. The second-order valence-corrected chi connectivity index (χ2v) is 6.57. The molecule has 0 atom stereocenters. The highest BCUT2D eigenvalue weighted by atomic mass is 32.1. The number of hydrogen-bond donors (Lipinski definition) is 0. The maximum Gasteiger partial charge on any atom is 0.358 e. The van der Waals surface area contributed by atoms with Gasteiger partial charge in [-0.3, -0.25) is 4.79 Å². The third-order valence-corrected chi connectivity index (χ3v) is 4.78. The summed E-state index contributed by atoms with van der Waals surface area (Å²) in [6.45, 7) is 1.36.